The molecular formula is C13H24N2OS. The van der Waals surface area contributed by atoms with E-state index in [0.717, 1.165) is 31.8 Å². The molecule has 0 radical (unpaired) electrons. The second kappa shape index (κ2) is 7.80. The fourth-order valence-corrected chi connectivity index (χ4v) is 2.32. The highest BCUT2D eigenvalue weighted by molar-refractivity contribution is 7.09. The molecule has 0 bridgehead atoms. The molecule has 1 heterocycles. The normalized spacial score (nSPS) is 13.2. The summed E-state index contributed by atoms with van der Waals surface area (Å²) in [5.41, 5.74) is 3.04. The lowest BCUT2D eigenvalue weighted by molar-refractivity contribution is 0.0681. The van der Waals surface area contributed by atoms with E-state index in [1.165, 1.54) is 4.88 Å². The van der Waals surface area contributed by atoms with Gasteiger partial charge in [0.15, 0.2) is 0 Å². The van der Waals surface area contributed by atoms with Crippen LogP contribution in [0.2, 0.25) is 0 Å². The van der Waals surface area contributed by atoms with Crippen LogP contribution >= 0.6 is 11.3 Å². The summed E-state index contributed by atoms with van der Waals surface area (Å²) >= 11 is 1.72. The van der Waals surface area contributed by atoms with Gasteiger partial charge in [0, 0.05) is 17.8 Å². The van der Waals surface area contributed by atoms with Crippen molar-refractivity contribution < 1.29 is 4.74 Å². The second-order valence-electron chi connectivity index (χ2n) is 4.84. The maximum absolute atomic E-state index is 5.77. The molecule has 0 amide bonds. The molecule has 98 valence electrons. The molecule has 0 aromatic carbocycles. The van der Waals surface area contributed by atoms with Crippen LogP contribution in [0.5, 0.6) is 0 Å². The molecule has 0 spiro atoms. The van der Waals surface area contributed by atoms with Crippen LogP contribution in [0.15, 0.2) is 5.51 Å². The van der Waals surface area contributed by atoms with Crippen LogP contribution in [-0.4, -0.2) is 30.8 Å². The maximum Gasteiger partial charge on any atom is 0.0797 e. The number of thiazole rings is 1. The lowest BCUT2D eigenvalue weighted by atomic mass is 10.2. The highest BCUT2D eigenvalue weighted by Gasteiger charge is 2.05. The molecule has 0 aliphatic rings. The van der Waals surface area contributed by atoms with Gasteiger partial charge < -0.3 is 10.1 Å². The number of nitrogens with zero attached hydrogens (tertiary/aromatic N) is 1. The third-order valence-corrected chi connectivity index (χ3v) is 3.56. The minimum Gasteiger partial charge on any atom is -0.377 e. The zero-order valence-electron chi connectivity index (χ0n) is 11.3. The number of aryl methyl sites for hydroxylation is 1. The van der Waals surface area contributed by atoms with Crippen LogP contribution in [0, 0.1) is 12.8 Å². The SMILES string of the molecule is Cc1ncsc1CCOC(C)CNCC(C)C. The van der Waals surface area contributed by atoms with Crippen molar-refractivity contribution in [1.82, 2.24) is 10.3 Å². The molecule has 1 unspecified atom stereocenters. The van der Waals surface area contributed by atoms with Gasteiger partial charge in [0.25, 0.3) is 0 Å². The van der Waals surface area contributed by atoms with E-state index >= 15 is 0 Å². The number of aromatic nitrogens is 1. The molecule has 0 saturated heterocycles. The first kappa shape index (κ1) is 14.6. The topological polar surface area (TPSA) is 34.1 Å². The number of ether oxygens (including phenoxy) is 1. The summed E-state index contributed by atoms with van der Waals surface area (Å²) in [5, 5.41) is 3.40. The molecule has 4 heteroatoms. The van der Waals surface area contributed by atoms with E-state index in [-0.39, 0.29) is 6.10 Å². The average Bonchev–Trinajstić information content (AvgIpc) is 2.64. The monoisotopic (exact) mass is 256 g/mol. The Morgan fingerprint density at radius 1 is 1.35 bits per heavy atom. The Hall–Kier alpha value is -0.450. The molecule has 0 saturated carbocycles. The Balaban J connectivity index is 2.08. The predicted octanol–water partition coefficient (Wildman–Crippen LogP) is 2.64. The molecule has 1 atom stereocenters. The van der Waals surface area contributed by atoms with Gasteiger partial charge in [-0.25, -0.2) is 4.98 Å². The molecule has 3 nitrogen and oxygen atoms in total. The van der Waals surface area contributed by atoms with Crippen molar-refractivity contribution in [2.24, 2.45) is 5.92 Å². The quantitative estimate of drug-likeness (QED) is 0.776. The number of nitrogens with one attached hydrogen (secondary N) is 1. The molecule has 1 aromatic heterocycles. The third kappa shape index (κ3) is 6.15. The lowest BCUT2D eigenvalue weighted by Crippen LogP contribution is -2.30. The van der Waals surface area contributed by atoms with Gasteiger partial charge >= 0.3 is 0 Å². The van der Waals surface area contributed by atoms with Gasteiger partial charge in [-0.1, -0.05) is 13.8 Å². The lowest BCUT2D eigenvalue weighted by Gasteiger charge is -2.14. The fourth-order valence-electron chi connectivity index (χ4n) is 1.55. The highest BCUT2D eigenvalue weighted by Crippen LogP contribution is 2.12. The minimum absolute atomic E-state index is 0.280. The van der Waals surface area contributed by atoms with E-state index in [4.69, 9.17) is 4.74 Å². The van der Waals surface area contributed by atoms with E-state index in [1.807, 2.05) is 5.51 Å². The van der Waals surface area contributed by atoms with Crippen molar-refractivity contribution >= 4 is 11.3 Å². The minimum atomic E-state index is 0.280. The summed E-state index contributed by atoms with van der Waals surface area (Å²) in [5.74, 6) is 0.696. The summed E-state index contributed by atoms with van der Waals surface area (Å²) in [4.78, 5) is 5.57. The molecule has 0 fully saturated rings. The van der Waals surface area contributed by atoms with E-state index in [0.29, 0.717) is 5.92 Å². The molecule has 0 aliphatic heterocycles. The second-order valence-corrected chi connectivity index (χ2v) is 5.78. The average molecular weight is 256 g/mol. The molecule has 0 aliphatic carbocycles. The molecule has 1 rings (SSSR count). The van der Waals surface area contributed by atoms with E-state index in [1.54, 1.807) is 11.3 Å². The van der Waals surface area contributed by atoms with Gasteiger partial charge in [0.05, 0.1) is 23.9 Å². The van der Waals surface area contributed by atoms with Crippen molar-refractivity contribution in [2.45, 2.75) is 40.2 Å². The third-order valence-electron chi connectivity index (χ3n) is 2.56. The van der Waals surface area contributed by atoms with Gasteiger partial charge in [-0.3, -0.25) is 0 Å². The highest BCUT2D eigenvalue weighted by atomic mass is 32.1. The van der Waals surface area contributed by atoms with Crippen LogP contribution in [0.4, 0.5) is 0 Å². The number of rotatable bonds is 8. The summed E-state index contributed by atoms with van der Waals surface area (Å²) in [6.07, 6.45) is 1.26. The van der Waals surface area contributed by atoms with Crippen LogP contribution in [0.25, 0.3) is 0 Å². The Labute approximate surface area is 109 Å². The molecular weight excluding hydrogens is 232 g/mol. The van der Waals surface area contributed by atoms with Crippen LogP contribution in [-0.2, 0) is 11.2 Å². The Kier molecular flexibility index (Phi) is 6.70. The molecule has 1 aromatic rings. The first-order chi connectivity index (χ1) is 8.09. The van der Waals surface area contributed by atoms with Gasteiger partial charge in [-0.2, -0.15) is 0 Å². The van der Waals surface area contributed by atoms with Gasteiger partial charge in [-0.15, -0.1) is 11.3 Å². The number of hydrogen-bond acceptors (Lipinski definition) is 4. The summed E-state index contributed by atoms with van der Waals surface area (Å²) < 4.78 is 5.77. The largest absolute Gasteiger partial charge is 0.377 e. The van der Waals surface area contributed by atoms with Crippen LogP contribution in [0.3, 0.4) is 0 Å². The molecule has 17 heavy (non-hydrogen) atoms. The van der Waals surface area contributed by atoms with Crippen LogP contribution < -0.4 is 5.32 Å². The van der Waals surface area contributed by atoms with Crippen molar-refractivity contribution in [3.05, 3.63) is 16.1 Å². The zero-order chi connectivity index (χ0) is 12.7. The van der Waals surface area contributed by atoms with Crippen molar-refractivity contribution in [3.8, 4) is 0 Å². The van der Waals surface area contributed by atoms with Gasteiger partial charge in [-0.05, 0) is 26.3 Å². The van der Waals surface area contributed by atoms with E-state index in [2.05, 4.69) is 38.0 Å². The first-order valence-electron chi connectivity index (χ1n) is 6.31. The van der Waals surface area contributed by atoms with Crippen LogP contribution in [0.1, 0.15) is 31.3 Å². The maximum atomic E-state index is 5.77. The molecule has 1 N–H and O–H groups in total. The van der Waals surface area contributed by atoms with Crippen molar-refractivity contribution in [1.29, 1.82) is 0 Å². The standard InChI is InChI=1S/C13H24N2OS/c1-10(2)7-14-8-11(3)16-6-5-13-12(4)15-9-17-13/h9-11,14H,5-8H2,1-4H3. The smallest absolute Gasteiger partial charge is 0.0797 e. The van der Waals surface area contributed by atoms with Gasteiger partial charge in [0.1, 0.15) is 0 Å². The van der Waals surface area contributed by atoms with E-state index in [9.17, 15) is 0 Å². The summed E-state index contributed by atoms with van der Waals surface area (Å²) in [7, 11) is 0. The number of hydrogen-bond donors (Lipinski definition) is 1. The first-order valence-corrected chi connectivity index (χ1v) is 7.18. The van der Waals surface area contributed by atoms with Crippen molar-refractivity contribution in [2.75, 3.05) is 19.7 Å². The van der Waals surface area contributed by atoms with Crippen molar-refractivity contribution in [3.63, 3.8) is 0 Å². The van der Waals surface area contributed by atoms with E-state index < -0.39 is 0 Å². The Morgan fingerprint density at radius 2 is 2.12 bits per heavy atom. The zero-order valence-corrected chi connectivity index (χ0v) is 12.1. The Morgan fingerprint density at radius 3 is 2.71 bits per heavy atom. The van der Waals surface area contributed by atoms with Gasteiger partial charge in [0.2, 0.25) is 0 Å². The Bertz CT molecular complexity index is 312. The fraction of sp³-hybridized carbons (Fsp3) is 0.769. The summed E-state index contributed by atoms with van der Waals surface area (Å²) in [6, 6.07) is 0. The summed E-state index contributed by atoms with van der Waals surface area (Å²) in [6.45, 7) is 11.4. The predicted molar refractivity (Wildman–Crippen MR) is 73.7 cm³/mol.